The van der Waals surface area contributed by atoms with Gasteiger partial charge in [0.1, 0.15) is 0 Å². The van der Waals surface area contributed by atoms with Crippen LogP contribution in [-0.4, -0.2) is 94.6 Å². The number of carbonyl (C=O) groups excluding carboxylic acids is 2. The predicted octanol–water partition coefficient (Wildman–Crippen LogP) is 5.54. The average Bonchev–Trinajstić information content (AvgIpc) is 3.50. The van der Waals surface area contributed by atoms with Gasteiger partial charge in [0, 0.05) is 63.5 Å². The molecule has 3 fully saturated rings. The van der Waals surface area contributed by atoms with E-state index in [1.165, 1.54) is 14.8 Å². The third-order valence-electron chi connectivity index (χ3n) is 11.1. The van der Waals surface area contributed by atoms with E-state index in [-0.39, 0.29) is 42.3 Å². The summed E-state index contributed by atoms with van der Waals surface area (Å²) in [4.78, 5) is 36.0. The molecule has 0 aliphatic carbocycles. The third-order valence-corrected chi connectivity index (χ3v) is 13.0. The highest BCUT2D eigenvalue weighted by Gasteiger charge is 2.33. The van der Waals surface area contributed by atoms with Crippen molar-refractivity contribution >= 4 is 44.6 Å². The molecule has 0 radical (unpaired) electrons. The summed E-state index contributed by atoms with van der Waals surface area (Å²) in [5, 5.41) is 10.9. The summed E-state index contributed by atoms with van der Waals surface area (Å²) < 4.78 is 69.2. The van der Waals surface area contributed by atoms with Gasteiger partial charge in [-0.15, -0.1) is 0 Å². The van der Waals surface area contributed by atoms with Crippen LogP contribution in [-0.2, 0) is 34.5 Å². The molecule has 2 aromatic carbocycles. The highest BCUT2D eigenvalue weighted by molar-refractivity contribution is 7.89. The minimum Gasteiger partial charge on any atom is -0.351 e. The molecule has 1 atom stereocenters. The highest BCUT2D eigenvalue weighted by atomic mass is 32.2. The molecule has 0 saturated carbocycles. The summed E-state index contributed by atoms with van der Waals surface area (Å²) in [5.41, 5.74) is 2.26. The summed E-state index contributed by atoms with van der Waals surface area (Å²) in [5.74, 6) is 1.12. The van der Waals surface area contributed by atoms with Gasteiger partial charge in [-0.25, -0.2) is 23.2 Å². The number of benzene rings is 2. The molecule has 1 unspecified atom stereocenters. The van der Waals surface area contributed by atoms with Gasteiger partial charge in [0.25, 0.3) is 0 Å². The van der Waals surface area contributed by atoms with Gasteiger partial charge in [-0.05, 0) is 92.4 Å². The smallest absolute Gasteiger partial charge is 0.351 e. The molecule has 2 N–H and O–H groups in total. The average molecular weight is 782 g/mol. The van der Waals surface area contributed by atoms with Crippen molar-refractivity contribution in [2.75, 3.05) is 49.5 Å². The van der Waals surface area contributed by atoms with Crippen molar-refractivity contribution in [2.45, 2.75) is 74.9 Å². The van der Waals surface area contributed by atoms with Crippen molar-refractivity contribution in [1.29, 1.82) is 0 Å². The molecule has 3 saturated heterocycles. The Bertz CT molecular complexity index is 2130. The number of amides is 3. The van der Waals surface area contributed by atoms with E-state index in [4.69, 9.17) is 0 Å². The fourth-order valence-electron chi connectivity index (χ4n) is 7.91. The van der Waals surface area contributed by atoms with Crippen molar-refractivity contribution in [2.24, 2.45) is 13.0 Å². The minimum atomic E-state index is -4.51. The van der Waals surface area contributed by atoms with E-state index in [9.17, 15) is 31.2 Å². The molecule has 2 aromatic heterocycles. The number of nitrogens with one attached hydrogen (secondary N) is 2. The van der Waals surface area contributed by atoms with E-state index >= 15 is 0 Å². The number of hydrogen-bond acceptors (Lipinski definition) is 9. The summed E-state index contributed by atoms with van der Waals surface area (Å²) in [6, 6.07) is 13.0. The van der Waals surface area contributed by atoms with Gasteiger partial charge >= 0.3 is 12.2 Å². The van der Waals surface area contributed by atoms with Gasteiger partial charge < -0.3 is 10.2 Å². The van der Waals surface area contributed by atoms with Crippen molar-refractivity contribution in [3.63, 3.8) is 0 Å². The Kier molecular flexibility index (Phi) is 11.1. The number of imide groups is 1. The van der Waals surface area contributed by atoms with E-state index in [0.29, 0.717) is 37.0 Å². The molecular weight excluding hydrogens is 736 g/mol. The van der Waals surface area contributed by atoms with Gasteiger partial charge in [0.15, 0.2) is 5.82 Å². The maximum Gasteiger partial charge on any atom is 0.419 e. The normalized spacial score (nSPS) is 19.2. The number of carbonyl (C=O) groups is 2. The summed E-state index contributed by atoms with van der Waals surface area (Å²) >= 11 is 0. The van der Waals surface area contributed by atoms with Crippen LogP contribution >= 0.6 is 0 Å². The number of urea groups is 1. The van der Waals surface area contributed by atoms with Crippen LogP contribution in [0, 0.1) is 5.92 Å². The lowest BCUT2D eigenvalue weighted by atomic mass is 9.88. The summed E-state index contributed by atoms with van der Waals surface area (Å²) in [7, 11) is -1.86. The minimum absolute atomic E-state index is 0.0848. The van der Waals surface area contributed by atoms with Crippen LogP contribution in [0.4, 0.5) is 29.7 Å². The zero-order valence-corrected chi connectivity index (χ0v) is 31.7. The molecule has 13 nitrogen and oxygen atoms in total. The number of anilines is 2. The first-order chi connectivity index (χ1) is 26.3. The number of aryl methyl sites for hydroxylation is 1. The molecule has 3 amide bonds. The van der Waals surface area contributed by atoms with E-state index in [2.05, 4.69) is 49.7 Å². The standard InChI is InChI=1S/C38H46F3N9O4S/c1-3-25(24-48-14-9-27(10-15-48)28-7-8-32-33(21-28)47(2)46-35(32)50-18-13-34(51)45-37(50)52)19-26-5-4-6-31(20-26)55(53,54)49-16-11-30(12-17-49)44-36-42-22-29(23-43-36)38(39,40)41/h4-8,20-23,25,27,30H,3,9-19,24H2,1-2H3,(H,42,43,44)(H,45,51,52). The Morgan fingerprint density at radius 3 is 2.36 bits per heavy atom. The molecular formula is C38H46F3N9O4S. The van der Waals surface area contributed by atoms with Crippen LogP contribution in [0.2, 0.25) is 0 Å². The first-order valence-electron chi connectivity index (χ1n) is 18.8. The van der Waals surface area contributed by atoms with Gasteiger partial charge in [-0.3, -0.25) is 19.7 Å². The fraction of sp³-hybridized carbons (Fsp3) is 0.500. The van der Waals surface area contributed by atoms with E-state index in [1.807, 2.05) is 19.2 Å². The largest absolute Gasteiger partial charge is 0.419 e. The number of hydrogen-bond donors (Lipinski definition) is 2. The molecule has 4 aromatic rings. The summed E-state index contributed by atoms with van der Waals surface area (Å²) in [6.07, 6.45) is 1.90. The molecule has 17 heteroatoms. The molecule has 3 aliphatic rings. The second-order valence-corrected chi connectivity index (χ2v) is 16.7. The quantitative estimate of drug-likeness (QED) is 0.200. The number of nitrogens with zero attached hydrogens (tertiary/aromatic N) is 7. The molecule has 0 bridgehead atoms. The van der Waals surface area contributed by atoms with Gasteiger partial charge in [0.05, 0.1) is 16.0 Å². The lowest BCUT2D eigenvalue weighted by molar-refractivity contribution is -0.138. The summed E-state index contributed by atoms with van der Waals surface area (Å²) in [6.45, 7) is 5.87. The number of halogens is 3. The number of fused-ring (bicyclic) bond motifs is 1. The van der Waals surface area contributed by atoms with E-state index in [1.54, 1.807) is 22.9 Å². The Labute approximate surface area is 318 Å². The number of sulfonamides is 1. The SMILES string of the molecule is CCC(Cc1cccc(S(=O)(=O)N2CCC(Nc3ncc(C(F)(F)F)cn3)CC2)c1)CN1CCC(c2ccc3c(N4CCC(=O)NC4=O)nn(C)c3c2)CC1. The van der Waals surface area contributed by atoms with Gasteiger partial charge in [-0.1, -0.05) is 31.5 Å². The van der Waals surface area contributed by atoms with Crippen LogP contribution in [0.25, 0.3) is 10.9 Å². The predicted molar refractivity (Wildman–Crippen MR) is 201 cm³/mol. The number of piperidine rings is 2. The Hall–Kier alpha value is -4.61. The molecule has 5 heterocycles. The number of alkyl halides is 3. The second kappa shape index (κ2) is 15.9. The first-order valence-corrected chi connectivity index (χ1v) is 20.3. The van der Waals surface area contributed by atoms with Gasteiger partial charge in [0.2, 0.25) is 21.9 Å². The molecule has 55 heavy (non-hydrogen) atoms. The topological polar surface area (TPSA) is 146 Å². The molecule has 294 valence electrons. The molecule has 3 aliphatic heterocycles. The van der Waals surface area contributed by atoms with Crippen LogP contribution in [0.1, 0.15) is 68.1 Å². The van der Waals surface area contributed by atoms with Crippen molar-refractivity contribution in [3.05, 3.63) is 71.5 Å². The fourth-order valence-corrected chi connectivity index (χ4v) is 9.45. The maximum atomic E-state index is 13.7. The van der Waals surface area contributed by atoms with E-state index in [0.717, 1.165) is 74.2 Å². The van der Waals surface area contributed by atoms with Gasteiger partial charge in [-0.2, -0.15) is 22.6 Å². The molecule has 0 spiro atoms. The van der Waals surface area contributed by atoms with Crippen molar-refractivity contribution < 1.29 is 31.2 Å². The number of rotatable bonds is 11. The van der Waals surface area contributed by atoms with Crippen LogP contribution in [0.15, 0.2) is 59.8 Å². The Balaban J connectivity index is 0.910. The van der Waals surface area contributed by atoms with Crippen molar-refractivity contribution in [1.82, 2.24) is 34.3 Å². The third kappa shape index (κ3) is 8.63. The van der Waals surface area contributed by atoms with E-state index < -0.39 is 27.8 Å². The first kappa shape index (κ1) is 38.7. The van der Waals surface area contributed by atoms with Crippen LogP contribution in [0.3, 0.4) is 0 Å². The Morgan fingerprint density at radius 1 is 0.964 bits per heavy atom. The number of likely N-dealkylation sites (tertiary alicyclic amines) is 1. The number of aromatic nitrogens is 4. The highest BCUT2D eigenvalue weighted by Crippen LogP contribution is 2.34. The zero-order valence-electron chi connectivity index (χ0n) is 30.9. The monoisotopic (exact) mass is 781 g/mol. The molecule has 7 rings (SSSR count). The van der Waals surface area contributed by atoms with Crippen molar-refractivity contribution in [3.8, 4) is 0 Å². The van der Waals surface area contributed by atoms with Crippen LogP contribution < -0.4 is 15.5 Å². The second-order valence-electron chi connectivity index (χ2n) is 14.8. The zero-order chi connectivity index (χ0) is 38.9. The lowest BCUT2D eigenvalue weighted by Crippen LogP contribution is -2.49. The maximum absolute atomic E-state index is 13.7. The van der Waals surface area contributed by atoms with Crippen LogP contribution in [0.5, 0.6) is 0 Å². The lowest BCUT2D eigenvalue weighted by Gasteiger charge is -2.34. The Morgan fingerprint density at radius 2 is 1.69 bits per heavy atom.